The number of allylic oxidation sites excluding steroid dienone is 3. The van der Waals surface area contributed by atoms with Crippen LogP contribution < -0.4 is 16.0 Å². The fourth-order valence-corrected chi connectivity index (χ4v) is 1.51. The van der Waals surface area contributed by atoms with Crippen molar-refractivity contribution >= 4 is 5.69 Å². The summed E-state index contributed by atoms with van der Waals surface area (Å²) in [4.78, 5) is 3.98. The van der Waals surface area contributed by atoms with Gasteiger partial charge in [-0.25, -0.2) is 13.8 Å². The zero-order valence-electron chi connectivity index (χ0n) is 11.6. The Balaban J connectivity index is 2.96. The second-order valence-electron chi connectivity index (χ2n) is 4.27. The maximum atomic E-state index is 13.6. The first-order valence-electron chi connectivity index (χ1n) is 6.28. The van der Waals surface area contributed by atoms with Crippen LogP contribution in [-0.2, 0) is 0 Å². The molecule has 0 aliphatic carbocycles. The van der Waals surface area contributed by atoms with Gasteiger partial charge in [0.05, 0.1) is 11.9 Å². The van der Waals surface area contributed by atoms with Crippen molar-refractivity contribution in [1.82, 2.24) is 4.98 Å². The Bertz CT molecular complexity index is 503. The number of nitrogens with one attached hydrogen (secondary N) is 1. The minimum Gasteiger partial charge on any atom is -0.440 e. The number of pyridine rings is 1. The number of aryl methyl sites for hydroxylation is 1. The largest absolute Gasteiger partial charge is 0.440 e. The molecule has 0 aliphatic rings. The molecule has 110 valence electrons. The number of anilines is 1. The lowest BCUT2D eigenvalue weighted by atomic mass is 10.2. The van der Waals surface area contributed by atoms with Crippen LogP contribution in [0.15, 0.2) is 36.5 Å². The van der Waals surface area contributed by atoms with Crippen molar-refractivity contribution in [2.45, 2.75) is 32.9 Å². The quantitative estimate of drug-likeness (QED) is 0.348. The van der Waals surface area contributed by atoms with Crippen molar-refractivity contribution in [1.29, 1.82) is 0 Å². The van der Waals surface area contributed by atoms with Crippen LogP contribution in [0.2, 0.25) is 0 Å². The SMILES string of the molecule is C=C/C(F)=C(\CC(F)CC)Oc1cc(C)c(NN)cn1. The van der Waals surface area contributed by atoms with E-state index < -0.39 is 12.0 Å². The molecular formula is C14H19F2N3O. The average Bonchev–Trinajstić information content (AvgIpc) is 2.45. The predicted molar refractivity (Wildman–Crippen MR) is 75.5 cm³/mol. The average molecular weight is 283 g/mol. The van der Waals surface area contributed by atoms with Crippen molar-refractivity contribution in [3.05, 3.63) is 42.1 Å². The normalized spacial score (nSPS) is 13.4. The number of ether oxygens (including phenoxy) is 1. The van der Waals surface area contributed by atoms with E-state index in [-0.39, 0.29) is 24.5 Å². The van der Waals surface area contributed by atoms with Gasteiger partial charge in [0.1, 0.15) is 11.9 Å². The number of nitrogens with two attached hydrogens (primary N) is 1. The van der Waals surface area contributed by atoms with E-state index in [0.29, 0.717) is 5.69 Å². The molecule has 1 atom stereocenters. The molecule has 0 saturated heterocycles. The second-order valence-corrected chi connectivity index (χ2v) is 4.27. The molecule has 0 bridgehead atoms. The number of halogens is 2. The fraction of sp³-hybridized carbons (Fsp3) is 0.357. The highest BCUT2D eigenvalue weighted by atomic mass is 19.1. The minimum atomic E-state index is -1.18. The highest BCUT2D eigenvalue weighted by Gasteiger charge is 2.15. The molecule has 0 aliphatic heterocycles. The summed E-state index contributed by atoms with van der Waals surface area (Å²) < 4.78 is 32.4. The lowest BCUT2D eigenvalue weighted by Crippen LogP contribution is -2.10. The first-order chi connectivity index (χ1) is 9.51. The zero-order chi connectivity index (χ0) is 15.1. The van der Waals surface area contributed by atoms with Crippen LogP contribution in [-0.4, -0.2) is 11.2 Å². The predicted octanol–water partition coefficient (Wildman–Crippen LogP) is 3.56. The Labute approximate surface area is 117 Å². The topological polar surface area (TPSA) is 60.2 Å². The molecule has 0 saturated carbocycles. The zero-order valence-corrected chi connectivity index (χ0v) is 11.6. The van der Waals surface area contributed by atoms with Gasteiger partial charge >= 0.3 is 0 Å². The first-order valence-corrected chi connectivity index (χ1v) is 6.28. The van der Waals surface area contributed by atoms with Crippen LogP contribution in [0.3, 0.4) is 0 Å². The van der Waals surface area contributed by atoms with E-state index in [0.717, 1.165) is 11.6 Å². The third kappa shape index (κ3) is 4.31. The van der Waals surface area contributed by atoms with Gasteiger partial charge in [-0.2, -0.15) is 0 Å². The van der Waals surface area contributed by atoms with Gasteiger partial charge in [-0.3, -0.25) is 5.84 Å². The summed E-state index contributed by atoms with van der Waals surface area (Å²) in [5.41, 5.74) is 3.88. The van der Waals surface area contributed by atoms with E-state index in [2.05, 4.69) is 17.0 Å². The first kappa shape index (κ1) is 16.1. The number of hydrogen-bond donors (Lipinski definition) is 2. The van der Waals surface area contributed by atoms with Crippen LogP contribution in [0, 0.1) is 6.92 Å². The molecule has 20 heavy (non-hydrogen) atoms. The van der Waals surface area contributed by atoms with E-state index in [1.807, 2.05) is 0 Å². The molecule has 0 amide bonds. The number of nitrogens with zero attached hydrogens (tertiary/aromatic N) is 1. The number of rotatable bonds is 7. The lowest BCUT2D eigenvalue weighted by Gasteiger charge is -2.13. The third-order valence-electron chi connectivity index (χ3n) is 2.76. The molecule has 0 aromatic carbocycles. The highest BCUT2D eigenvalue weighted by Crippen LogP contribution is 2.23. The Kier molecular flexibility index (Phi) is 6.11. The van der Waals surface area contributed by atoms with Gasteiger partial charge in [0, 0.05) is 12.5 Å². The van der Waals surface area contributed by atoms with Gasteiger partial charge in [0.2, 0.25) is 5.88 Å². The molecule has 1 aromatic heterocycles. The molecule has 1 unspecified atom stereocenters. The van der Waals surface area contributed by atoms with Crippen LogP contribution in [0.4, 0.5) is 14.5 Å². The van der Waals surface area contributed by atoms with Crippen molar-refractivity contribution < 1.29 is 13.5 Å². The van der Waals surface area contributed by atoms with Gasteiger partial charge in [-0.05, 0) is 25.0 Å². The Morgan fingerprint density at radius 3 is 2.85 bits per heavy atom. The highest BCUT2D eigenvalue weighted by molar-refractivity contribution is 5.49. The molecule has 1 heterocycles. The van der Waals surface area contributed by atoms with Crippen LogP contribution in [0.25, 0.3) is 0 Å². The lowest BCUT2D eigenvalue weighted by molar-refractivity contribution is 0.270. The maximum Gasteiger partial charge on any atom is 0.219 e. The number of aromatic nitrogens is 1. The Morgan fingerprint density at radius 1 is 1.65 bits per heavy atom. The Hall–Kier alpha value is -1.95. The van der Waals surface area contributed by atoms with E-state index in [9.17, 15) is 8.78 Å². The smallest absolute Gasteiger partial charge is 0.219 e. The van der Waals surface area contributed by atoms with Crippen LogP contribution in [0.5, 0.6) is 5.88 Å². The van der Waals surface area contributed by atoms with Crippen LogP contribution >= 0.6 is 0 Å². The summed E-state index contributed by atoms with van der Waals surface area (Å²) in [6.45, 7) is 6.79. The van der Waals surface area contributed by atoms with Crippen molar-refractivity contribution in [3.8, 4) is 5.88 Å². The maximum absolute atomic E-state index is 13.6. The number of nitrogen functional groups attached to an aromatic ring is 1. The third-order valence-corrected chi connectivity index (χ3v) is 2.76. The van der Waals surface area contributed by atoms with Crippen molar-refractivity contribution in [3.63, 3.8) is 0 Å². The monoisotopic (exact) mass is 283 g/mol. The van der Waals surface area contributed by atoms with Gasteiger partial charge in [-0.1, -0.05) is 13.5 Å². The van der Waals surface area contributed by atoms with Gasteiger partial charge in [0.15, 0.2) is 5.83 Å². The molecular weight excluding hydrogens is 264 g/mol. The van der Waals surface area contributed by atoms with Crippen LogP contribution in [0.1, 0.15) is 25.3 Å². The van der Waals surface area contributed by atoms with Gasteiger partial charge in [-0.15, -0.1) is 0 Å². The van der Waals surface area contributed by atoms with Gasteiger partial charge in [0.25, 0.3) is 0 Å². The summed E-state index contributed by atoms with van der Waals surface area (Å²) in [5, 5.41) is 0. The number of alkyl halides is 1. The number of hydrogen-bond acceptors (Lipinski definition) is 4. The molecule has 0 fully saturated rings. The summed E-state index contributed by atoms with van der Waals surface area (Å²) in [6, 6.07) is 1.59. The number of hydrazine groups is 1. The standard InChI is InChI=1S/C14H19F2N3O/c1-4-10(15)7-13(11(16)5-2)20-14-6-9(3)12(19-17)8-18-14/h5-6,8,10,19H,2,4,7,17H2,1,3H3/b13-11-. The van der Waals surface area contributed by atoms with E-state index in [1.165, 1.54) is 6.20 Å². The summed E-state index contributed by atoms with van der Waals surface area (Å²) >= 11 is 0. The molecule has 3 N–H and O–H groups in total. The van der Waals surface area contributed by atoms with E-state index in [4.69, 9.17) is 10.6 Å². The molecule has 0 radical (unpaired) electrons. The molecule has 0 spiro atoms. The molecule has 4 nitrogen and oxygen atoms in total. The van der Waals surface area contributed by atoms with Crippen molar-refractivity contribution in [2.24, 2.45) is 5.84 Å². The second kappa shape index (κ2) is 7.59. The fourth-order valence-electron chi connectivity index (χ4n) is 1.51. The summed E-state index contributed by atoms with van der Waals surface area (Å²) in [6.07, 6.45) is 1.38. The molecule has 1 aromatic rings. The molecule has 6 heteroatoms. The molecule has 1 rings (SSSR count). The van der Waals surface area contributed by atoms with E-state index >= 15 is 0 Å². The van der Waals surface area contributed by atoms with Gasteiger partial charge < -0.3 is 10.2 Å². The summed E-state index contributed by atoms with van der Waals surface area (Å²) in [7, 11) is 0. The Morgan fingerprint density at radius 2 is 2.35 bits per heavy atom. The van der Waals surface area contributed by atoms with E-state index in [1.54, 1.807) is 19.9 Å². The minimum absolute atomic E-state index is 0.116. The summed E-state index contributed by atoms with van der Waals surface area (Å²) in [5.74, 6) is 4.66. The van der Waals surface area contributed by atoms with Crippen molar-refractivity contribution in [2.75, 3.05) is 5.43 Å².